The summed E-state index contributed by atoms with van der Waals surface area (Å²) in [5.41, 5.74) is 5.86. The molecule has 178 valence electrons. The zero-order valence-electron chi connectivity index (χ0n) is 19.9. The monoisotopic (exact) mass is 472 g/mol. The molecule has 0 bridgehead atoms. The third-order valence-corrected chi connectivity index (χ3v) is 6.09. The highest BCUT2D eigenvalue weighted by Crippen LogP contribution is 2.26. The standard InChI is InChI=1S/C25H25FN8O/c1-5-32-14-20(15(2)30-32)22-10-11-27-24-19(12-28-34(22)24)25(35)29-23-16(3)31-33(17(23)4)13-18-8-6-7-9-21(18)26/h6-12,14H,5,13H2,1-4H3,(H,29,35). The third-order valence-electron chi connectivity index (χ3n) is 6.09. The van der Waals surface area contributed by atoms with Gasteiger partial charge in [-0.3, -0.25) is 14.2 Å². The zero-order chi connectivity index (χ0) is 24.7. The molecular weight excluding hydrogens is 447 g/mol. The molecule has 9 nitrogen and oxygen atoms in total. The maximum Gasteiger partial charge on any atom is 0.261 e. The number of benzene rings is 1. The molecule has 0 unspecified atom stereocenters. The molecule has 0 radical (unpaired) electrons. The van der Waals surface area contributed by atoms with Crippen LogP contribution in [-0.4, -0.2) is 40.1 Å². The summed E-state index contributed by atoms with van der Waals surface area (Å²) in [6, 6.07) is 8.43. The van der Waals surface area contributed by atoms with Gasteiger partial charge in [0.25, 0.3) is 5.91 Å². The summed E-state index contributed by atoms with van der Waals surface area (Å²) in [6.45, 7) is 8.64. The van der Waals surface area contributed by atoms with Crippen molar-refractivity contribution < 1.29 is 9.18 Å². The van der Waals surface area contributed by atoms with Gasteiger partial charge in [0, 0.05) is 30.1 Å². The number of nitrogens with one attached hydrogen (secondary N) is 1. The predicted octanol–water partition coefficient (Wildman–Crippen LogP) is 4.17. The maximum absolute atomic E-state index is 14.1. The van der Waals surface area contributed by atoms with E-state index >= 15 is 0 Å². The van der Waals surface area contributed by atoms with Crippen molar-refractivity contribution in [1.82, 2.24) is 34.2 Å². The van der Waals surface area contributed by atoms with E-state index < -0.39 is 0 Å². The molecule has 0 saturated heterocycles. The summed E-state index contributed by atoms with van der Waals surface area (Å²) >= 11 is 0. The van der Waals surface area contributed by atoms with Gasteiger partial charge in [0.1, 0.15) is 11.4 Å². The topological polar surface area (TPSA) is 94.9 Å². The minimum absolute atomic E-state index is 0.266. The molecule has 0 spiro atoms. The molecule has 0 aliphatic heterocycles. The van der Waals surface area contributed by atoms with Crippen LogP contribution in [0, 0.1) is 26.6 Å². The fraction of sp³-hybridized carbons (Fsp3) is 0.240. The van der Waals surface area contributed by atoms with Gasteiger partial charge >= 0.3 is 0 Å². The Balaban J connectivity index is 1.45. The number of hydrogen-bond acceptors (Lipinski definition) is 5. The van der Waals surface area contributed by atoms with Crippen molar-refractivity contribution in [2.45, 2.75) is 40.8 Å². The van der Waals surface area contributed by atoms with E-state index in [4.69, 9.17) is 0 Å². The van der Waals surface area contributed by atoms with Crippen molar-refractivity contribution in [1.29, 1.82) is 0 Å². The number of halogens is 1. The Morgan fingerprint density at radius 3 is 2.63 bits per heavy atom. The number of rotatable bonds is 6. The van der Waals surface area contributed by atoms with E-state index in [1.165, 1.54) is 12.3 Å². The Morgan fingerprint density at radius 2 is 1.89 bits per heavy atom. The predicted molar refractivity (Wildman–Crippen MR) is 130 cm³/mol. The minimum atomic E-state index is -0.345. The Morgan fingerprint density at radius 1 is 1.09 bits per heavy atom. The van der Waals surface area contributed by atoms with Gasteiger partial charge in [0.2, 0.25) is 0 Å². The van der Waals surface area contributed by atoms with Crippen LogP contribution >= 0.6 is 0 Å². The van der Waals surface area contributed by atoms with Gasteiger partial charge in [0.05, 0.1) is 41.2 Å². The van der Waals surface area contributed by atoms with E-state index in [1.807, 2.05) is 37.7 Å². The van der Waals surface area contributed by atoms with Crippen LogP contribution in [0.25, 0.3) is 16.9 Å². The first kappa shape index (κ1) is 22.5. The van der Waals surface area contributed by atoms with Gasteiger partial charge in [-0.25, -0.2) is 13.9 Å². The van der Waals surface area contributed by atoms with Crippen LogP contribution in [0.2, 0.25) is 0 Å². The number of carbonyl (C=O) groups is 1. The van der Waals surface area contributed by atoms with E-state index in [9.17, 15) is 9.18 Å². The number of fused-ring (bicyclic) bond motifs is 1. The first-order valence-electron chi connectivity index (χ1n) is 11.3. The Kier molecular flexibility index (Phi) is 5.64. The van der Waals surface area contributed by atoms with E-state index in [1.54, 1.807) is 40.5 Å². The zero-order valence-corrected chi connectivity index (χ0v) is 19.9. The number of nitrogens with zero attached hydrogens (tertiary/aromatic N) is 7. The Labute approximate surface area is 201 Å². The molecule has 1 amide bonds. The highest BCUT2D eigenvalue weighted by atomic mass is 19.1. The molecule has 4 aromatic heterocycles. The van der Waals surface area contributed by atoms with Crippen LogP contribution in [0.4, 0.5) is 10.1 Å². The van der Waals surface area contributed by atoms with Crippen molar-refractivity contribution in [3.8, 4) is 11.3 Å². The summed E-state index contributed by atoms with van der Waals surface area (Å²) in [6.07, 6.45) is 5.13. The Bertz CT molecular complexity index is 1560. The molecule has 0 saturated carbocycles. The lowest BCUT2D eigenvalue weighted by molar-refractivity contribution is 0.102. The van der Waals surface area contributed by atoms with E-state index in [0.717, 1.165) is 29.2 Å². The van der Waals surface area contributed by atoms with Crippen molar-refractivity contribution in [3.05, 3.63) is 82.9 Å². The van der Waals surface area contributed by atoms with Crippen LogP contribution in [0.3, 0.4) is 0 Å². The average molecular weight is 473 g/mol. The number of carbonyl (C=O) groups excluding carboxylic acids is 1. The lowest BCUT2D eigenvalue weighted by atomic mass is 10.2. The fourth-order valence-electron chi connectivity index (χ4n) is 4.19. The SMILES string of the molecule is CCn1cc(-c2ccnc3c(C(=O)Nc4c(C)nn(Cc5ccccc5F)c4C)cnn23)c(C)n1. The molecular formula is C25H25FN8O. The quantitative estimate of drug-likeness (QED) is 0.400. The van der Waals surface area contributed by atoms with Crippen LogP contribution in [0.5, 0.6) is 0 Å². The summed E-state index contributed by atoms with van der Waals surface area (Å²) < 4.78 is 19.3. The molecule has 1 N–H and O–H groups in total. The van der Waals surface area contributed by atoms with Gasteiger partial charge < -0.3 is 5.32 Å². The first-order chi connectivity index (χ1) is 16.9. The molecule has 10 heteroatoms. The van der Waals surface area contributed by atoms with Crippen molar-refractivity contribution in [2.75, 3.05) is 5.32 Å². The highest BCUT2D eigenvalue weighted by Gasteiger charge is 2.21. The molecule has 0 atom stereocenters. The molecule has 0 aliphatic carbocycles. The maximum atomic E-state index is 14.1. The first-order valence-corrected chi connectivity index (χ1v) is 11.3. The van der Waals surface area contributed by atoms with Gasteiger partial charge in [0.15, 0.2) is 5.65 Å². The number of hydrogen-bond donors (Lipinski definition) is 1. The van der Waals surface area contributed by atoms with E-state index in [-0.39, 0.29) is 18.3 Å². The van der Waals surface area contributed by atoms with Gasteiger partial charge in [-0.1, -0.05) is 18.2 Å². The van der Waals surface area contributed by atoms with Crippen molar-refractivity contribution in [3.63, 3.8) is 0 Å². The van der Waals surface area contributed by atoms with Crippen LogP contribution in [-0.2, 0) is 13.1 Å². The molecule has 0 fully saturated rings. The molecule has 5 rings (SSSR count). The molecule has 1 aromatic carbocycles. The van der Waals surface area contributed by atoms with Crippen molar-refractivity contribution in [2.24, 2.45) is 0 Å². The second-order valence-electron chi connectivity index (χ2n) is 8.36. The van der Waals surface area contributed by atoms with Gasteiger partial charge in [-0.15, -0.1) is 0 Å². The normalized spacial score (nSPS) is 11.3. The van der Waals surface area contributed by atoms with Crippen molar-refractivity contribution >= 4 is 17.2 Å². The number of aryl methyl sites for hydroxylation is 3. The van der Waals surface area contributed by atoms with Crippen LogP contribution in [0.15, 0.2) is 48.9 Å². The summed E-state index contributed by atoms with van der Waals surface area (Å²) in [7, 11) is 0. The smallest absolute Gasteiger partial charge is 0.261 e. The summed E-state index contributed by atoms with van der Waals surface area (Å²) in [5, 5.41) is 16.4. The van der Waals surface area contributed by atoms with Gasteiger partial charge in [-0.05, 0) is 39.8 Å². The lowest BCUT2D eigenvalue weighted by Crippen LogP contribution is -2.14. The molecule has 35 heavy (non-hydrogen) atoms. The van der Waals surface area contributed by atoms with Gasteiger partial charge in [-0.2, -0.15) is 15.3 Å². The fourth-order valence-corrected chi connectivity index (χ4v) is 4.19. The van der Waals surface area contributed by atoms with E-state index in [2.05, 4.69) is 25.6 Å². The Hall–Kier alpha value is -4.34. The van der Waals surface area contributed by atoms with E-state index in [0.29, 0.717) is 28.2 Å². The minimum Gasteiger partial charge on any atom is -0.319 e. The molecule has 4 heterocycles. The molecule has 0 aliphatic rings. The van der Waals surface area contributed by atoms with Crippen LogP contribution in [0.1, 0.15) is 39.9 Å². The van der Waals surface area contributed by atoms with Crippen LogP contribution < -0.4 is 5.32 Å². The third kappa shape index (κ3) is 3.96. The second kappa shape index (κ2) is 8.79. The molecule has 5 aromatic rings. The number of anilines is 1. The highest BCUT2D eigenvalue weighted by molar-refractivity contribution is 6.08. The average Bonchev–Trinajstić information content (AvgIpc) is 3.52. The summed E-state index contributed by atoms with van der Waals surface area (Å²) in [5.74, 6) is -0.638. The number of aromatic nitrogens is 7. The number of amides is 1. The summed E-state index contributed by atoms with van der Waals surface area (Å²) in [4.78, 5) is 17.7. The lowest BCUT2D eigenvalue weighted by Gasteiger charge is -2.08. The second-order valence-corrected chi connectivity index (χ2v) is 8.36. The largest absolute Gasteiger partial charge is 0.319 e.